The SMILES string of the molecule is N#Cc1ccc(NSc2c[nH]cc2C(=O)c2ccccc2)c(F)c1. The first-order valence-corrected chi connectivity index (χ1v) is 7.89. The lowest BCUT2D eigenvalue weighted by Gasteiger charge is -2.07. The summed E-state index contributed by atoms with van der Waals surface area (Å²) >= 11 is 1.13. The predicted molar refractivity (Wildman–Crippen MR) is 91.3 cm³/mol. The summed E-state index contributed by atoms with van der Waals surface area (Å²) in [7, 11) is 0. The Morgan fingerprint density at radius 3 is 2.67 bits per heavy atom. The molecule has 3 rings (SSSR count). The van der Waals surface area contributed by atoms with E-state index in [1.54, 1.807) is 36.7 Å². The molecule has 24 heavy (non-hydrogen) atoms. The highest BCUT2D eigenvalue weighted by Crippen LogP contribution is 2.27. The number of halogens is 1. The van der Waals surface area contributed by atoms with Gasteiger partial charge in [0, 0.05) is 18.0 Å². The molecule has 0 saturated heterocycles. The summed E-state index contributed by atoms with van der Waals surface area (Å²) in [6.07, 6.45) is 3.30. The van der Waals surface area contributed by atoms with Gasteiger partial charge in [-0.2, -0.15) is 5.26 Å². The number of benzene rings is 2. The van der Waals surface area contributed by atoms with Gasteiger partial charge in [0.05, 0.1) is 27.8 Å². The van der Waals surface area contributed by atoms with Gasteiger partial charge in [-0.3, -0.25) is 4.79 Å². The number of nitrogens with one attached hydrogen (secondary N) is 2. The number of carbonyl (C=O) groups excluding carboxylic acids is 1. The van der Waals surface area contributed by atoms with Crippen molar-refractivity contribution in [2.45, 2.75) is 4.90 Å². The second kappa shape index (κ2) is 7.02. The van der Waals surface area contributed by atoms with E-state index in [-0.39, 0.29) is 17.0 Å². The average molecular weight is 337 g/mol. The molecule has 2 aromatic carbocycles. The molecular weight excluding hydrogens is 325 g/mol. The number of ketones is 1. The Hall–Kier alpha value is -3.04. The number of rotatable bonds is 5. The normalized spacial score (nSPS) is 10.2. The third-order valence-corrected chi connectivity index (χ3v) is 4.24. The van der Waals surface area contributed by atoms with Crippen molar-refractivity contribution in [3.63, 3.8) is 0 Å². The molecule has 0 bridgehead atoms. The topological polar surface area (TPSA) is 68.7 Å². The molecule has 2 N–H and O–H groups in total. The maximum absolute atomic E-state index is 13.9. The largest absolute Gasteiger partial charge is 0.366 e. The van der Waals surface area contributed by atoms with Crippen molar-refractivity contribution in [3.05, 3.63) is 83.4 Å². The van der Waals surface area contributed by atoms with Crippen LogP contribution in [0.4, 0.5) is 10.1 Å². The van der Waals surface area contributed by atoms with Crippen LogP contribution < -0.4 is 4.72 Å². The van der Waals surface area contributed by atoms with Gasteiger partial charge < -0.3 is 9.71 Å². The Labute approximate surface area is 142 Å². The molecule has 0 amide bonds. The van der Waals surface area contributed by atoms with Gasteiger partial charge in [0.15, 0.2) is 5.78 Å². The second-order valence-corrected chi connectivity index (χ2v) is 5.79. The lowest BCUT2D eigenvalue weighted by atomic mass is 10.1. The van der Waals surface area contributed by atoms with Crippen LogP contribution in [0.3, 0.4) is 0 Å². The minimum atomic E-state index is -0.520. The Kier molecular flexibility index (Phi) is 4.64. The molecule has 6 heteroatoms. The predicted octanol–water partition coefficient (Wildman–Crippen LogP) is 4.38. The number of nitriles is 1. The van der Waals surface area contributed by atoms with Crippen molar-refractivity contribution in [2.75, 3.05) is 4.72 Å². The molecule has 1 aromatic heterocycles. The summed E-state index contributed by atoms with van der Waals surface area (Å²) in [5.74, 6) is -0.630. The number of hydrogen-bond acceptors (Lipinski definition) is 4. The van der Waals surface area contributed by atoms with E-state index in [0.29, 0.717) is 16.0 Å². The number of aromatic amines is 1. The Bertz CT molecular complexity index is 916. The number of carbonyl (C=O) groups is 1. The number of H-pyrrole nitrogens is 1. The third-order valence-electron chi connectivity index (χ3n) is 3.36. The van der Waals surface area contributed by atoms with Crippen LogP contribution in [0.15, 0.2) is 65.8 Å². The number of anilines is 1. The standard InChI is InChI=1S/C18H12FN3OS/c19-15-8-12(9-20)6-7-16(15)22-24-17-11-21-10-14(17)18(23)13-4-2-1-3-5-13/h1-8,10-11,21-22H. The molecule has 0 saturated carbocycles. The Morgan fingerprint density at radius 1 is 1.17 bits per heavy atom. The summed E-state index contributed by atoms with van der Waals surface area (Å²) in [6, 6.07) is 15.0. The number of nitrogens with zero attached hydrogens (tertiary/aromatic N) is 1. The molecular formula is C18H12FN3OS. The van der Waals surface area contributed by atoms with Crippen LogP contribution in [0.5, 0.6) is 0 Å². The molecule has 4 nitrogen and oxygen atoms in total. The molecule has 0 radical (unpaired) electrons. The summed E-state index contributed by atoms with van der Waals surface area (Å²) in [4.78, 5) is 16.1. The van der Waals surface area contributed by atoms with Crippen LogP contribution >= 0.6 is 11.9 Å². The van der Waals surface area contributed by atoms with Gasteiger partial charge in [0.1, 0.15) is 5.82 Å². The highest BCUT2D eigenvalue weighted by atomic mass is 32.2. The number of aromatic nitrogens is 1. The Balaban J connectivity index is 1.77. The van der Waals surface area contributed by atoms with E-state index >= 15 is 0 Å². The van der Waals surface area contributed by atoms with Crippen LogP contribution in [0.1, 0.15) is 21.5 Å². The molecule has 1 heterocycles. The minimum absolute atomic E-state index is 0.110. The summed E-state index contributed by atoms with van der Waals surface area (Å²) in [6.45, 7) is 0. The van der Waals surface area contributed by atoms with E-state index < -0.39 is 5.82 Å². The van der Waals surface area contributed by atoms with E-state index in [1.807, 2.05) is 12.1 Å². The van der Waals surface area contributed by atoms with Gasteiger partial charge in [-0.05, 0) is 30.1 Å². The summed E-state index contributed by atoms with van der Waals surface area (Å²) < 4.78 is 16.8. The maximum Gasteiger partial charge on any atom is 0.195 e. The molecule has 118 valence electrons. The van der Waals surface area contributed by atoms with Crippen molar-refractivity contribution < 1.29 is 9.18 Å². The second-order valence-electron chi connectivity index (χ2n) is 4.94. The molecule has 0 aliphatic heterocycles. The maximum atomic E-state index is 13.9. The van der Waals surface area contributed by atoms with E-state index in [9.17, 15) is 9.18 Å². The van der Waals surface area contributed by atoms with Gasteiger partial charge in [-0.15, -0.1) is 0 Å². The highest BCUT2D eigenvalue weighted by Gasteiger charge is 2.15. The van der Waals surface area contributed by atoms with Crippen molar-refractivity contribution in [2.24, 2.45) is 0 Å². The van der Waals surface area contributed by atoms with Crippen LogP contribution in [0, 0.1) is 17.1 Å². The minimum Gasteiger partial charge on any atom is -0.366 e. The summed E-state index contributed by atoms with van der Waals surface area (Å²) in [5.41, 5.74) is 1.60. The smallest absolute Gasteiger partial charge is 0.195 e. The van der Waals surface area contributed by atoms with Gasteiger partial charge >= 0.3 is 0 Å². The van der Waals surface area contributed by atoms with E-state index in [4.69, 9.17) is 5.26 Å². The first-order valence-electron chi connectivity index (χ1n) is 7.08. The Morgan fingerprint density at radius 2 is 1.96 bits per heavy atom. The zero-order chi connectivity index (χ0) is 16.9. The molecule has 0 aliphatic rings. The fourth-order valence-corrected chi connectivity index (χ4v) is 2.91. The lowest BCUT2D eigenvalue weighted by molar-refractivity contribution is 0.103. The van der Waals surface area contributed by atoms with Crippen molar-refractivity contribution in [3.8, 4) is 6.07 Å². The zero-order valence-corrected chi connectivity index (χ0v) is 13.2. The van der Waals surface area contributed by atoms with Crippen LogP contribution in [-0.2, 0) is 0 Å². The van der Waals surface area contributed by atoms with Crippen LogP contribution in [0.2, 0.25) is 0 Å². The number of hydrogen-bond donors (Lipinski definition) is 2. The van der Waals surface area contributed by atoms with Crippen molar-refractivity contribution >= 4 is 23.4 Å². The molecule has 0 fully saturated rings. The van der Waals surface area contributed by atoms with E-state index in [1.165, 1.54) is 12.1 Å². The highest BCUT2D eigenvalue weighted by molar-refractivity contribution is 8.00. The zero-order valence-electron chi connectivity index (χ0n) is 12.4. The lowest BCUT2D eigenvalue weighted by Crippen LogP contribution is -2.01. The monoisotopic (exact) mass is 337 g/mol. The molecule has 0 unspecified atom stereocenters. The van der Waals surface area contributed by atoms with Crippen LogP contribution in [-0.4, -0.2) is 10.8 Å². The molecule has 0 spiro atoms. The van der Waals surface area contributed by atoms with Crippen molar-refractivity contribution in [1.82, 2.24) is 4.98 Å². The average Bonchev–Trinajstić information content (AvgIpc) is 3.09. The van der Waals surface area contributed by atoms with Crippen molar-refractivity contribution in [1.29, 1.82) is 5.26 Å². The molecule has 0 atom stereocenters. The van der Waals surface area contributed by atoms with E-state index in [0.717, 1.165) is 18.0 Å². The molecule has 0 aliphatic carbocycles. The quantitative estimate of drug-likeness (QED) is 0.536. The van der Waals surface area contributed by atoms with E-state index in [2.05, 4.69) is 9.71 Å². The fourth-order valence-electron chi connectivity index (χ4n) is 2.13. The first kappa shape index (κ1) is 15.8. The van der Waals surface area contributed by atoms with Gasteiger partial charge in [0.25, 0.3) is 0 Å². The van der Waals surface area contributed by atoms with Gasteiger partial charge in [-0.25, -0.2) is 4.39 Å². The summed E-state index contributed by atoms with van der Waals surface area (Å²) in [5, 5.41) is 8.75. The fraction of sp³-hybridized carbons (Fsp3) is 0. The van der Waals surface area contributed by atoms with Gasteiger partial charge in [0.2, 0.25) is 0 Å². The van der Waals surface area contributed by atoms with Crippen LogP contribution in [0.25, 0.3) is 0 Å². The first-order chi connectivity index (χ1) is 11.7. The third kappa shape index (κ3) is 3.31. The van der Waals surface area contributed by atoms with Gasteiger partial charge in [-0.1, -0.05) is 30.3 Å². The molecule has 3 aromatic rings.